The number of benzene rings is 1. The van der Waals surface area contributed by atoms with Gasteiger partial charge in [-0.1, -0.05) is 93.5 Å². The molecule has 0 N–H and O–H groups in total. The van der Waals surface area contributed by atoms with Gasteiger partial charge in [-0.15, -0.1) is 0 Å². The van der Waals surface area contributed by atoms with Crippen LogP contribution in [-0.2, 0) is 10.8 Å². The molecule has 2 rings (SSSR count). The predicted molar refractivity (Wildman–Crippen MR) is 121 cm³/mol. The van der Waals surface area contributed by atoms with Gasteiger partial charge in [0.1, 0.15) is 0 Å². The van der Waals surface area contributed by atoms with Crippen LogP contribution in [0.1, 0.15) is 109 Å². The molecule has 0 unspecified atom stereocenters. The van der Waals surface area contributed by atoms with Crippen LogP contribution in [0.3, 0.4) is 0 Å². The zero-order chi connectivity index (χ0) is 21.0. The molecule has 0 amide bonds. The van der Waals surface area contributed by atoms with Crippen molar-refractivity contribution in [1.82, 2.24) is 4.98 Å². The Morgan fingerprint density at radius 2 is 1.30 bits per heavy atom. The summed E-state index contributed by atoms with van der Waals surface area (Å²) in [5.41, 5.74) is 7.43. The largest absolute Gasteiger partial charge is 0.261 e. The summed E-state index contributed by atoms with van der Waals surface area (Å²) in [4.78, 5) is 4.51. The zero-order valence-electron chi connectivity index (χ0n) is 19.6. The number of nitrogens with zero attached hydrogens (tertiary/aromatic N) is 1. The number of aryl methyl sites for hydroxylation is 1. The van der Waals surface area contributed by atoms with Crippen LogP contribution in [0.15, 0.2) is 36.5 Å². The third kappa shape index (κ3) is 6.48. The highest BCUT2D eigenvalue weighted by molar-refractivity contribution is 5.36. The van der Waals surface area contributed by atoms with E-state index < -0.39 is 0 Å². The standard InChI is InChI=1S/C13H21N.C13H20/c1-9(2)12-11(13(4,5)6)10(3)7-8-14-12;1-10(2)11-8-6-7-9-12(11)13(3,4)5/h7-9H,1-6H3;6-10H,1-5H3. The first-order chi connectivity index (χ1) is 12.3. The van der Waals surface area contributed by atoms with E-state index in [1.165, 1.54) is 27.9 Å². The average Bonchev–Trinajstić information content (AvgIpc) is 2.53. The molecule has 0 aliphatic carbocycles. The van der Waals surface area contributed by atoms with Gasteiger partial charge in [0.25, 0.3) is 0 Å². The first-order valence-corrected chi connectivity index (χ1v) is 10.3. The molecule has 0 spiro atoms. The molecule has 0 saturated carbocycles. The van der Waals surface area contributed by atoms with Crippen molar-refractivity contribution in [3.8, 4) is 0 Å². The summed E-state index contributed by atoms with van der Waals surface area (Å²) in [6.07, 6.45) is 1.92. The monoisotopic (exact) mass is 367 g/mol. The van der Waals surface area contributed by atoms with Gasteiger partial charge in [-0.3, -0.25) is 4.98 Å². The van der Waals surface area contributed by atoms with E-state index in [4.69, 9.17) is 0 Å². The quantitative estimate of drug-likeness (QED) is 0.525. The van der Waals surface area contributed by atoms with Crippen LogP contribution in [0.2, 0.25) is 0 Å². The molecule has 1 aromatic carbocycles. The van der Waals surface area contributed by atoms with Gasteiger partial charge in [0.2, 0.25) is 0 Å². The van der Waals surface area contributed by atoms with Crippen molar-refractivity contribution < 1.29 is 0 Å². The number of hydrogen-bond donors (Lipinski definition) is 0. The summed E-state index contributed by atoms with van der Waals surface area (Å²) in [7, 11) is 0. The summed E-state index contributed by atoms with van der Waals surface area (Å²) in [5, 5.41) is 0. The molecule has 1 heteroatoms. The third-order valence-corrected chi connectivity index (χ3v) is 4.88. The molecule has 1 heterocycles. The Labute approximate surface area is 168 Å². The van der Waals surface area contributed by atoms with Crippen LogP contribution in [0.4, 0.5) is 0 Å². The number of rotatable bonds is 2. The van der Waals surface area contributed by atoms with E-state index in [0.29, 0.717) is 11.8 Å². The topological polar surface area (TPSA) is 12.9 Å². The van der Waals surface area contributed by atoms with Crippen LogP contribution in [0.25, 0.3) is 0 Å². The molecular formula is C26H41N. The van der Waals surface area contributed by atoms with Gasteiger partial charge < -0.3 is 0 Å². The molecule has 0 radical (unpaired) electrons. The second kappa shape index (κ2) is 9.04. The van der Waals surface area contributed by atoms with Crippen molar-refractivity contribution in [3.63, 3.8) is 0 Å². The third-order valence-electron chi connectivity index (χ3n) is 4.88. The first-order valence-electron chi connectivity index (χ1n) is 10.3. The van der Waals surface area contributed by atoms with Gasteiger partial charge in [-0.05, 0) is 57.9 Å². The van der Waals surface area contributed by atoms with Crippen LogP contribution in [-0.4, -0.2) is 4.98 Å². The Hall–Kier alpha value is -1.63. The van der Waals surface area contributed by atoms with Gasteiger partial charge >= 0.3 is 0 Å². The maximum atomic E-state index is 4.51. The van der Waals surface area contributed by atoms with Crippen LogP contribution < -0.4 is 0 Å². The smallest absolute Gasteiger partial charge is 0.0468 e. The molecule has 2 aromatic rings. The van der Waals surface area contributed by atoms with E-state index in [0.717, 1.165) is 0 Å². The second-order valence-corrected chi connectivity index (χ2v) is 10.3. The number of aromatic nitrogens is 1. The molecule has 0 saturated heterocycles. The lowest BCUT2D eigenvalue weighted by atomic mass is 9.81. The van der Waals surface area contributed by atoms with Crippen molar-refractivity contribution in [3.05, 3.63) is 64.5 Å². The molecule has 0 bridgehead atoms. The molecular weight excluding hydrogens is 326 g/mol. The fraction of sp³-hybridized carbons (Fsp3) is 0.577. The Morgan fingerprint density at radius 1 is 0.741 bits per heavy atom. The highest BCUT2D eigenvalue weighted by Crippen LogP contribution is 2.31. The fourth-order valence-electron chi connectivity index (χ4n) is 3.68. The van der Waals surface area contributed by atoms with Crippen molar-refractivity contribution in [2.75, 3.05) is 0 Å². The SMILES string of the molecule is CC(C)c1ccccc1C(C)(C)C.Cc1ccnc(C(C)C)c1C(C)(C)C. The fourth-order valence-corrected chi connectivity index (χ4v) is 3.68. The van der Waals surface area contributed by atoms with E-state index in [2.05, 4.69) is 111 Å². The Morgan fingerprint density at radius 3 is 1.67 bits per heavy atom. The summed E-state index contributed by atoms with van der Waals surface area (Å²) >= 11 is 0. The van der Waals surface area contributed by atoms with E-state index >= 15 is 0 Å². The molecule has 1 nitrogen and oxygen atoms in total. The highest BCUT2D eigenvalue weighted by Gasteiger charge is 2.22. The molecule has 0 aliphatic heterocycles. The van der Waals surface area contributed by atoms with Crippen LogP contribution in [0, 0.1) is 6.92 Å². The minimum Gasteiger partial charge on any atom is -0.261 e. The number of pyridine rings is 1. The zero-order valence-corrected chi connectivity index (χ0v) is 19.6. The van der Waals surface area contributed by atoms with E-state index in [-0.39, 0.29) is 10.8 Å². The van der Waals surface area contributed by atoms with Gasteiger partial charge in [0, 0.05) is 11.9 Å². The Balaban J connectivity index is 0.000000271. The number of hydrogen-bond acceptors (Lipinski definition) is 1. The van der Waals surface area contributed by atoms with Crippen molar-refractivity contribution >= 4 is 0 Å². The molecule has 0 atom stereocenters. The van der Waals surface area contributed by atoms with E-state index in [9.17, 15) is 0 Å². The van der Waals surface area contributed by atoms with Crippen molar-refractivity contribution in [1.29, 1.82) is 0 Å². The minimum absolute atomic E-state index is 0.192. The lowest BCUT2D eigenvalue weighted by molar-refractivity contribution is 0.566. The van der Waals surface area contributed by atoms with Gasteiger partial charge in [0.15, 0.2) is 0 Å². The van der Waals surface area contributed by atoms with Gasteiger partial charge in [0.05, 0.1) is 0 Å². The van der Waals surface area contributed by atoms with Crippen LogP contribution in [0.5, 0.6) is 0 Å². The van der Waals surface area contributed by atoms with Crippen LogP contribution >= 0.6 is 0 Å². The molecule has 0 aliphatic rings. The minimum atomic E-state index is 0.192. The molecule has 1 aromatic heterocycles. The summed E-state index contributed by atoms with van der Waals surface area (Å²) in [5.74, 6) is 1.12. The normalized spacial score (nSPS) is 12.2. The highest BCUT2D eigenvalue weighted by atomic mass is 14.7. The van der Waals surface area contributed by atoms with Gasteiger partial charge in [-0.2, -0.15) is 0 Å². The molecule has 0 fully saturated rings. The maximum Gasteiger partial charge on any atom is 0.0468 e. The van der Waals surface area contributed by atoms with Gasteiger partial charge in [-0.25, -0.2) is 0 Å². The van der Waals surface area contributed by atoms with Crippen molar-refractivity contribution in [2.45, 2.75) is 98.8 Å². The summed E-state index contributed by atoms with van der Waals surface area (Å²) < 4.78 is 0. The van der Waals surface area contributed by atoms with Crippen molar-refractivity contribution in [2.24, 2.45) is 0 Å². The van der Waals surface area contributed by atoms with E-state index in [1.54, 1.807) is 0 Å². The average molecular weight is 368 g/mol. The second-order valence-electron chi connectivity index (χ2n) is 10.3. The first kappa shape index (κ1) is 23.4. The summed E-state index contributed by atoms with van der Waals surface area (Å²) in [6, 6.07) is 10.9. The summed E-state index contributed by atoms with van der Waals surface area (Å²) in [6.45, 7) is 24.7. The Kier molecular flexibility index (Phi) is 7.84. The maximum absolute atomic E-state index is 4.51. The predicted octanol–water partition coefficient (Wildman–Crippen LogP) is 7.92. The molecule has 27 heavy (non-hydrogen) atoms. The molecule has 150 valence electrons. The van der Waals surface area contributed by atoms with E-state index in [1.807, 2.05) is 6.20 Å². The Bertz CT molecular complexity index is 725. The lowest BCUT2D eigenvalue weighted by Gasteiger charge is -2.25. The lowest BCUT2D eigenvalue weighted by Crippen LogP contribution is -2.18.